The standard InChI is InChI=1S/C11H14BrNO/c1-6-5-8(14)9(7(2)10(6)12)11(13)3-4-11/h5,14H,3-4,13H2,1-2H3. The number of halogens is 1. The van der Waals surface area contributed by atoms with Gasteiger partial charge in [0.05, 0.1) is 0 Å². The Hall–Kier alpha value is -0.540. The van der Waals surface area contributed by atoms with Crippen molar-refractivity contribution in [1.82, 2.24) is 0 Å². The summed E-state index contributed by atoms with van der Waals surface area (Å²) >= 11 is 3.52. The van der Waals surface area contributed by atoms with Crippen LogP contribution in [-0.4, -0.2) is 5.11 Å². The lowest BCUT2D eigenvalue weighted by atomic mass is 9.97. The van der Waals surface area contributed by atoms with Crippen molar-refractivity contribution < 1.29 is 5.11 Å². The molecule has 3 heteroatoms. The van der Waals surface area contributed by atoms with E-state index in [9.17, 15) is 5.11 Å². The third-order valence-corrected chi connectivity index (χ3v) is 4.17. The fourth-order valence-electron chi connectivity index (χ4n) is 1.95. The molecule has 0 atom stereocenters. The lowest BCUT2D eigenvalue weighted by Crippen LogP contribution is -2.20. The van der Waals surface area contributed by atoms with Crippen molar-refractivity contribution in [3.63, 3.8) is 0 Å². The molecule has 1 fully saturated rings. The molecule has 76 valence electrons. The fourth-order valence-corrected chi connectivity index (χ4v) is 2.26. The zero-order valence-electron chi connectivity index (χ0n) is 8.39. The van der Waals surface area contributed by atoms with Gasteiger partial charge in [-0.2, -0.15) is 0 Å². The predicted octanol–water partition coefficient (Wildman–Crippen LogP) is 2.72. The number of rotatable bonds is 1. The molecular formula is C11H14BrNO. The van der Waals surface area contributed by atoms with Gasteiger partial charge in [-0.3, -0.25) is 0 Å². The summed E-state index contributed by atoms with van der Waals surface area (Å²) in [5.74, 6) is 0.336. The van der Waals surface area contributed by atoms with Crippen LogP contribution in [0.4, 0.5) is 0 Å². The Morgan fingerprint density at radius 1 is 1.43 bits per heavy atom. The molecule has 0 bridgehead atoms. The van der Waals surface area contributed by atoms with E-state index in [1.165, 1.54) is 0 Å². The molecule has 0 radical (unpaired) electrons. The zero-order valence-corrected chi connectivity index (χ0v) is 9.98. The Bertz CT molecular complexity index is 397. The van der Waals surface area contributed by atoms with Crippen molar-refractivity contribution in [1.29, 1.82) is 0 Å². The smallest absolute Gasteiger partial charge is 0.121 e. The molecule has 0 aliphatic heterocycles. The van der Waals surface area contributed by atoms with E-state index in [0.29, 0.717) is 5.75 Å². The number of nitrogens with two attached hydrogens (primary N) is 1. The van der Waals surface area contributed by atoms with Crippen molar-refractivity contribution >= 4 is 15.9 Å². The molecule has 0 aromatic heterocycles. The average Bonchev–Trinajstić information content (AvgIpc) is 2.80. The molecule has 14 heavy (non-hydrogen) atoms. The van der Waals surface area contributed by atoms with Crippen molar-refractivity contribution in [3.8, 4) is 5.75 Å². The molecule has 2 rings (SSSR count). The van der Waals surface area contributed by atoms with E-state index in [-0.39, 0.29) is 5.54 Å². The number of phenolic OH excluding ortho intramolecular Hbond substituents is 1. The van der Waals surface area contributed by atoms with Gasteiger partial charge < -0.3 is 10.8 Å². The number of aromatic hydroxyl groups is 1. The van der Waals surface area contributed by atoms with E-state index in [1.807, 2.05) is 13.8 Å². The SMILES string of the molecule is Cc1cc(O)c(C2(N)CC2)c(C)c1Br. The van der Waals surface area contributed by atoms with Crippen LogP contribution in [0, 0.1) is 13.8 Å². The summed E-state index contributed by atoms with van der Waals surface area (Å²) in [6.07, 6.45) is 1.94. The summed E-state index contributed by atoms with van der Waals surface area (Å²) in [5.41, 5.74) is 8.87. The molecule has 1 aliphatic rings. The Kier molecular flexibility index (Phi) is 2.12. The molecule has 0 unspecified atom stereocenters. The fraction of sp³-hybridized carbons (Fsp3) is 0.455. The Labute approximate surface area is 92.3 Å². The molecule has 1 saturated carbocycles. The van der Waals surface area contributed by atoms with Gasteiger partial charge in [0.1, 0.15) is 5.75 Å². The van der Waals surface area contributed by atoms with Crippen LogP contribution in [0.3, 0.4) is 0 Å². The second kappa shape index (κ2) is 2.97. The Balaban J connectivity index is 2.65. The minimum Gasteiger partial charge on any atom is -0.508 e. The quantitative estimate of drug-likeness (QED) is 0.811. The van der Waals surface area contributed by atoms with Gasteiger partial charge in [0.25, 0.3) is 0 Å². The Morgan fingerprint density at radius 3 is 2.50 bits per heavy atom. The van der Waals surface area contributed by atoms with E-state index in [0.717, 1.165) is 34.0 Å². The lowest BCUT2D eigenvalue weighted by Gasteiger charge is -2.17. The highest BCUT2D eigenvalue weighted by Crippen LogP contribution is 2.49. The molecule has 0 amide bonds. The van der Waals surface area contributed by atoms with E-state index in [4.69, 9.17) is 5.73 Å². The van der Waals surface area contributed by atoms with Gasteiger partial charge in [-0.25, -0.2) is 0 Å². The average molecular weight is 256 g/mol. The van der Waals surface area contributed by atoms with Crippen LogP contribution < -0.4 is 5.73 Å². The number of phenols is 1. The molecule has 0 heterocycles. The van der Waals surface area contributed by atoms with Crippen molar-refractivity contribution in [2.45, 2.75) is 32.2 Å². The highest BCUT2D eigenvalue weighted by Gasteiger charge is 2.43. The van der Waals surface area contributed by atoms with Crippen molar-refractivity contribution in [2.24, 2.45) is 5.73 Å². The normalized spacial score (nSPS) is 18.3. The molecule has 0 saturated heterocycles. The third-order valence-electron chi connectivity index (χ3n) is 2.95. The minimum atomic E-state index is -0.273. The van der Waals surface area contributed by atoms with Crippen molar-refractivity contribution in [3.05, 3.63) is 27.2 Å². The van der Waals surface area contributed by atoms with E-state index >= 15 is 0 Å². The summed E-state index contributed by atoms with van der Waals surface area (Å²) in [6, 6.07) is 1.78. The molecule has 1 aliphatic carbocycles. The summed E-state index contributed by atoms with van der Waals surface area (Å²) in [7, 11) is 0. The van der Waals surface area contributed by atoms with Crippen LogP contribution in [0.25, 0.3) is 0 Å². The lowest BCUT2D eigenvalue weighted by molar-refractivity contribution is 0.458. The first kappa shape index (κ1) is 9.99. The van der Waals surface area contributed by atoms with E-state index in [1.54, 1.807) is 6.07 Å². The summed E-state index contributed by atoms with van der Waals surface area (Å²) in [5, 5.41) is 9.87. The summed E-state index contributed by atoms with van der Waals surface area (Å²) in [6.45, 7) is 3.97. The van der Waals surface area contributed by atoms with Gasteiger partial charge >= 0.3 is 0 Å². The second-order valence-electron chi connectivity index (χ2n) is 4.18. The second-order valence-corrected chi connectivity index (χ2v) is 4.98. The maximum Gasteiger partial charge on any atom is 0.121 e. The van der Waals surface area contributed by atoms with Gasteiger partial charge in [-0.05, 0) is 43.9 Å². The van der Waals surface area contributed by atoms with Gasteiger partial charge in [0, 0.05) is 15.6 Å². The number of hydrogen-bond acceptors (Lipinski definition) is 2. The number of hydrogen-bond donors (Lipinski definition) is 2. The highest BCUT2D eigenvalue weighted by atomic mass is 79.9. The van der Waals surface area contributed by atoms with Crippen LogP contribution in [0.1, 0.15) is 29.5 Å². The van der Waals surface area contributed by atoms with Crippen LogP contribution in [-0.2, 0) is 5.54 Å². The topological polar surface area (TPSA) is 46.2 Å². The number of benzene rings is 1. The van der Waals surface area contributed by atoms with Crippen LogP contribution >= 0.6 is 15.9 Å². The molecular weight excluding hydrogens is 242 g/mol. The molecule has 2 nitrogen and oxygen atoms in total. The van der Waals surface area contributed by atoms with Gasteiger partial charge in [-0.15, -0.1) is 0 Å². The molecule has 1 aromatic carbocycles. The van der Waals surface area contributed by atoms with E-state index < -0.39 is 0 Å². The molecule has 3 N–H and O–H groups in total. The molecule has 0 spiro atoms. The summed E-state index contributed by atoms with van der Waals surface area (Å²) in [4.78, 5) is 0. The maximum atomic E-state index is 9.87. The molecule has 1 aromatic rings. The zero-order chi connectivity index (χ0) is 10.5. The van der Waals surface area contributed by atoms with Crippen LogP contribution in [0.15, 0.2) is 10.5 Å². The first-order chi connectivity index (χ1) is 6.46. The Morgan fingerprint density at radius 2 is 2.00 bits per heavy atom. The van der Waals surface area contributed by atoms with Gasteiger partial charge in [0.15, 0.2) is 0 Å². The number of aryl methyl sites for hydroxylation is 1. The third kappa shape index (κ3) is 1.35. The first-order valence-electron chi connectivity index (χ1n) is 4.74. The van der Waals surface area contributed by atoms with Gasteiger partial charge in [-0.1, -0.05) is 15.9 Å². The predicted molar refractivity (Wildman–Crippen MR) is 60.4 cm³/mol. The van der Waals surface area contributed by atoms with Gasteiger partial charge in [0.2, 0.25) is 0 Å². The minimum absolute atomic E-state index is 0.273. The monoisotopic (exact) mass is 255 g/mol. The first-order valence-corrected chi connectivity index (χ1v) is 5.53. The summed E-state index contributed by atoms with van der Waals surface area (Å²) < 4.78 is 1.06. The highest BCUT2D eigenvalue weighted by molar-refractivity contribution is 9.10. The van der Waals surface area contributed by atoms with Crippen LogP contribution in [0.2, 0.25) is 0 Å². The van der Waals surface area contributed by atoms with Crippen LogP contribution in [0.5, 0.6) is 5.75 Å². The van der Waals surface area contributed by atoms with E-state index in [2.05, 4.69) is 15.9 Å². The maximum absolute atomic E-state index is 9.87. The largest absolute Gasteiger partial charge is 0.508 e. The van der Waals surface area contributed by atoms with Crippen molar-refractivity contribution in [2.75, 3.05) is 0 Å².